The fourth-order valence-electron chi connectivity index (χ4n) is 2.25. The summed E-state index contributed by atoms with van der Waals surface area (Å²) in [6.07, 6.45) is 0.728. The molecule has 0 spiro atoms. The van der Waals surface area contributed by atoms with Gasteiger partial charge in [0.1, 0.15) is 0 Å². The fraction of sp³-hybridized carbons (Fsp3) is 0.588. The van der Waals surface area contributed by atoms with Crippen LogP contribution in [0.25, 0.3) is 0 Å². The molecular formula is C17H26F3N3O3S. The third-order valence-corrected chi connectivity index (χ3v) is 5.03. The lowest BCUT2D eigenvalue weighted by Gasteiger charge is -2.32. The van der Waals surface area contributed by atoms with Crippen molar-refractivity contribution in [1.29, 1.82) is 0 Å². The Balaban J connectivity index is 2.86. The molecule has 1 aromatic rings. The Bertz CT molecular complexity index is 739. The van der Waals surface area contributed by atoms with Gasteiger partial charge in [-0.15, -0.1) is 0 Å². The van der Waals surface area contributed by atoms with E-state index in [2.05, 4.69) is 5.32 Å². The van der Waals surface area contributed by atoms with Gasteiger partial charge in [0.25, 0.3) is 5.91 Å². The molecule has 0 saturated heterocycles. The molecule has 10 heteroatoms. The molecule has 1 amide bonds. The first-order valence-electron chi connectivity index (χ1n) is 8.28. The summed E-state index contributed by atoms with van der Waals surface area (Å²) in [5.41, 5.74) is -5.64. The van der Waals surface area contributed by atoms with Crippen LogP contribution in [0.1, 0.15) is 37.6 Å². The normalized spacial score (nSPS) is 14.1. The van der Waals surface area contributed by atoms with Crippen molar-refractivity contribution in [3.05, 3.63) is 29.8 Å². The van der Waals surface area contributed by atoms with Crippen LogP contribution in [0.3, 0.4) is 0 Å². The lowest BCUT2D eigenvalue weighted by atomic mass is 9.84. The predicted molar refractivity (Wildman–Crippen MR) is 98.9 cm³/mol. The Morgan fingerprint density at radius 3 is 2.04 bits per heavy atom. The van der Waals surface area contributed by atoms with E-state index < -0.39 is 15.5 Å². The molecule has 0 saturated carbocycles. The SMILES string of the molecule is CN(C)CC[C@@H](NC(=O)c1ccc(NS(=O)(=O)C(F)(F)F)cc1)C(C)(C)C. The topological polar surface area (TPSA) is 78.5 Å². The lowest BCUT2D eigenvalue weighted by Crippen LogP contribution is -2.45. The van der Waals surface area contributed by atoms with Crippen molar-refractivity contribution in [2.45, 2.75) is 38.7 Å². The van der Waals surface area contributed by atoms with E-state index in [-0.39, 0.29) is 28.6 Å². The zero-order valence-electron chi connectivity index (χ0n) is 16.0. The maximum Gasteiger partial charge on any atom is 0.516 e. The standard InChI is InChI=1S/C17H26F3N3O3S/c1-16(2,3)14(10-11-23(4)5)21-15(24)12-6-8-13(9-7-12)22-27(25,26)17(18,19)20/h6-9,14,22H,10-11H2,1-5H3,(H,21,24)/t14-/m1/s1. The number of hydrogen-bond acceptors (Lipinski definition) is 4. The van der Waals surface area contributed by atoms with Crippen molar-refractivity contribution in [3.63, 3.8) is 0 Å². The summed E-state index contributed by atoms with van der Waals surface area (Å²) >= 11 is 0. The molecule has 1 atom stereocenters. The minimum Gasteiger partial charge on any atom is -0.349 e. The summed E-state index contributed by atoms with van der Waals surface area (Å²) in [7, 11) is -1.63. The van der Waals surface area contributed by atoms with Crippen LogP contribution in [-0.4, -0.2) is 51.4 Å². The molecule has 1 rings (SSSR count). The van der Waals surface area contributed by atoms with Gasteiger partial charge < -0.3 is 10.2 Å². The monoisotopic (exact) mass is 409 g/mol. The Morgan fingerprint density at radius 1 is 1.11 bits per heavy atom. The zero-order chi connectivity index (χ0) is 21.0. The van der Waals surface area contributed by atoms with Crippen LogP contribution in [-0.2, 0) is 10.0 Å². The number of benzene rings is 1. The molecule has 0 heterocycles. The van der Waals surface area contributed by atoms with Crippen molar-refractivity contribution >= 4 is 21.6 Å². The second kappa shape index (κ2) is 8.47. The predicted octanol–water partition coefficient (Wildman–Crippen LogP) is 3.04. The molecule has 0 aromatic heterocycles. The number of anilines is 1. The molecule has 6 nitrogen and oxygen atoms in total. The Kier molecular flexibility index (Phi) is 7.29. The van der Waals surface area contributed by atoms with Crippen molar-refractivity contribution in [1.82, 2.24) is 10.2 Å². The molecule has 1 aromatic carbocycles. The number of amides is 1. The summed E-state index contributed by atoms with van der Waals surface area (Å²) in [5.74, 6) is -0.376. The first-order chi connectivity index (χ1) is 12.1. The van der Waals surface area contributed by atoms with E-state index in [1.807, 2.05) is 39.8 Å². The Hall–Kier alpha value is -1.81. The number of alkyl halides is 3. The molecule has 0 unspecified atom stereocenters. The van der Waals surface area contributed by atoms with Gasteiger partial charge in [-0.25, -0.2) is 0 Å². The summed E-state index contributed by atoms with van der Waals surface area (Å²) < 4.78 is 60.8. The van der Waals surface area contributed by atoms with E-state index in [1.165, 1.54) is 16.9 Å². The van der Waals surface area contributed by atoms with Crippen LogP contribution < -0.4 is 10.0 Å². The fourth-order valence-corrected chi connectivity index (χ4v) is 2.82. The van der Waals surface area contributed by atoms with Gasteiger partial charge >= 0.3 is 15.5 Å². The third-order valence-electron chi connectivity index (χ3n) is 3.92. The second-order valence-corrected chi connectivity index (χ2v) is 9.29. The largest absolute Gasteiger partial charge is 0.516 e. The van der Waals surface area contributed by atoms with Crippen LogP contribution in [0, 0.1) is 5.41 Å². The highest BCUT2D eigenvalue weighted by Gasteiger charge is 2.46. The van der Waals surface area contributed by atoms with E-state index in [9.17, 15) is 26.4 Å². The van der Waals surface area contributed by atoms with E-state index in [0.29, 0.717) is 0 Å². The summed E-state index contributed by atoms with van der Waals surface area (Å²) in [6, 6.07) is 4.66. The molecule has 0 bridgehead atoms. The first kappa shape index (κ1) is 23.2. The molecule has 0 aliphatic carbocycles. The number of carbonyl (C=O) groups is 1. The Labute approximate surface area is 158 Å². The van der Waals surface area contributed by atoms with Crippen molar-refractivity contribution in [2.75, 3.05) is 25.4 Å². The van der Waals surface area contributed by atoms with E-state index in [4.69, 9.17) is 0 Å². The van der Waals surface area contributed by atoms with Gasteiger partial charge in [-0.1, -0.05) is 20.8 Å². The van der Waals surface area contributed by atoms with E-state index >= 15 is 0 Å². The third kappa shape index (κ3) is 7.02. The first-order valence-corrected chi connectivity index (χ1v) is 9.76. The van der Waals surface area contributed by atoms with Crippen molar-refractivity contribution in [3.8, 4) is 0 Å². The van der Waals surface area contributed by atoms with Crippen LogP contribution >= 0.6 is 0 Å². The van der Waals surface area contributed by atoms with Crippen molar-refractivity contribution < 1.29 is 26.4 Å². The van der Waals surface area contributed by atoms with Crippen LogP contribution in [0.4, 0.5) is 18.9 Å². The van der Waals surface area contributed by atoms with Gasteiger partial charge in [-0.2, -0.15) is 21.6 Å². The van der Waals surface area contributed by atoms with E-state index in [0.717, 1.165) is 25.1 Å². The number of carbonyl (C=O) groups excluding carboxylic acids is 1. The lowest BCUT2D eigenvalue weighted by molar-refractivity contribution is -0.0429. The summed E-state index contributed by atoms with van der Waals surface area (Å²) in [6.45, 7) is 6.79. The number of halogens is 3. The minimum absolute atomic E-state index is 0.115. The van der Waals surface area contributed by atoms with Gasteiger partial charge in [0.2, 0.25) is 0 Å². The minimum atomic E-state index is -5.49. The number of nitrogens with zero attached hydrogens (tertiary/aromatic N) is 1. The Morgan fingerprint density at radius 2 is 1.63 bits per heavy atom. The molecule has 0 aliphatic heterocycles. The second-order valence-electron chi connectivity index (χ2n) is 7.61. The molecular weight excluding hydrogens is 383 g/mol. The number of sulfonamides is 1. The van der Waals surface area contributed by atoms with Crippen LogP contribution in [0.15, 0.2) is 24.3 Å². The van der Waals surface area contributed by atoms with Crippen LogP contribution in [0.2, 0.25) is 0 Å². The summed E-state index contributed by atoms with van der Waals surface area (Å²) in [5, 5.41) is 2.94. The smallest absolute Gasteiger partial charge is 0.349 e. The van der Waals surface area contributed by atoms with Gasteiger partial charge in [0, 0.05) is 17.3 Å². The maximum absolute atomic E-state index is 12.5. The highest BCUT2D eigenvalue weighted by molar-refractivity contribution is 7.93. The van der Waals surface area contributed by atoms with Crippen LogP contribution in [0.5, 0.6) is 0 Å². The number of rotatable bonds is 7. The van der Waals surface area contributed by atoms with E-state index in [1.54, 1.807) is 0 Å². The molecule has 0 fully saturated rings. The molecule has 154 valence electrons. The average molecular weight is 409 g/mol. The molecule has 0 radical (unpaired) electrons. The summed E-state index contributed by atoms with van der Waals surface area (Å²) in [4.78, 5) is 14.5. The van der Waals surface area contributed by atoms with Crippen molar-refractivity contribution in [2.24, 2.45) is 5.41 Å². The quantitative estimate of drug-likeness (QED) is 0.726. The highest BCUT2D eigenvalue weighted by atomic mass is 32.2. The number of hydrogen-bond donors (Lipinski definition) is 2. The number of nitrogens with one attached hydrogen (secondary N) is 2. The average Bonchev–Trinajstić information content (AvgIpc) is 2.49. The highest BCUT2D eigenvalue weighted by Crippen LogP contribution is 2.26. The molecule has 27 heavy (non-hydrogen) atoms. The van der Waals surface area contributed by atoms with Gasteiger partial charge in [0.05, 0.1) is 0 Å². The molecule has 2 N–H and O–H groups in total. The van der Waals surface area contributed by atoms with Gasteiger partial charge in [-0.3, -0.25) is 9.52 Å². The van der Waals surface area contributed by atoms with Gasteiger partial charge in [0.15, 0.2) is 0 Å². The maximum atomic E-state index is 12.5. The molecule has 0 aliphatic rings. The van der Waals surface area contributed by atoms with Gasteiger partial charge in [-0.05, 0) is 56.7 Å². The zero-order valence-corrected chi connectivity index (χ0v) is 16.8.